The van der Waals surface area contributed by atoms with Gasteiger partial charge in [-0.3, -0.25) is 4.79 Å². The van der Waals surface area contributed by atoms with E-state index in [9.17, 15) is 9.90 Å². The molecule has 1 aromatic rings. The van der Waals surface area contributed by atoms with Crippen LogP contribution in [0.4, 0.5) is 0 Å². The van der Waals surface area contributed by atoms with Gasteiger partial charge in [-0.15, -0.1) is 0 Å². The molecular formula is C15H22BrNO2. The summed E-state index contributed by atoms with van der Waals surface area (Å²) < 4.78 is 0.609. The normalized spacial score (nSPS) is 10.5. The monoisotopic (exact) mass is 327 g/mol. The average Bonchev–Trinajstić information content (AvgIpc) is 2.41. The molecule has 1 amide bonds. The Balaban J connectivity index is 2.81. The molecule has 0 atom stereocenters. The van der Waals surface area contributed by atoms with Crippen LogP contribution in [-0.2, 0) is 0 Å². The number of amides is 1. The van der Waals surface area contributed by atoms with E-state index in [2.05, 4.69) is 29.8 Å². The van der Waals surface area contributed by atoms with E-state index in [1.165, 1.54) is 6.07 Å². The Morgan fingerprint density at radius 3 is 2.26 bits per heavy atom. The van der Waals surface area contributed by atoms with Gasteiger partial charge in [-0.1, -0.05) is 26.7 Å². The van der Waals surface area contributed by atoms with Gasteiger partial charge in [0.05, 0.1) is 4.47 Å². The van der Waals surface area contributed by atoms with E-state index in [1.54, 1.807) is 12.1 Å². The summed E-state index contributed by atoms with van der Waals surface area (Å²) in [4.78, 5) is 14.3. The number of phenols is 1. The molecular weight excluding hydrogens is 306 g/mol. The number of rotatable bonds is 7. The van der Waals surface area contributed by atoms with Crippen LogP contribution in [0.5, 0.6) is 5.75 Å². The average molecular weight is 328 g/mol. The largest absolute Gasteiger partial charge is 0.507 e. The molecule has 0 bridgehead atoms. The number of hydrogen-bond donors (Lipinski definition) is 1. The molecule has 106 valence electrons. The highest BCUT2D eigenvalue weighted by atomic mass is 79.9. The molecule has 0 aliphatic rings. The number of unbranched alkanes of at least 4 members (excludes halogenated alkanes) is 2. The van der Waals surface area contributed by atoms with Gasteiger partial charge in [0.2, 0.25) is 0 Å². The summed E-state index contributed by atoms with van der Waals surface area (Å²) >= 11 is 3.22. The first-order valence-corrected chi connectivity index (χ1v) is 7.67. The van der Waals surface area contributed by atoms with Gasteiger partial charge in [0.15, 0.2) is 0 Å². The molecule has 1 rings (SSSR count). The number of benzene rings is 1. The third-order valence-electron chi connectivity index (χ3n) is 3.04. The fourth-order valence-electron chi connectivity index (χ4n) is 1.84. The molecule has 0 radical (unpaired) electrons. The summed E-state index contributed by atoms with van der Waals surface area (Å²) in [6.07, 6.45) is 4.17. The zero-order chi connectivity index (χ0) is 14.3. The van der Waals surface area contributed by atoms with Gasteiger partial charge in [0.25, 0.3) is 5.91 Å². The van der Waals surface area contributed by atoms with Crippen LogP contribution in [0.3, 0.4) is 0 Å². The molecule has 0 aliphatic heterocycles. The highest BCUT2D eigenvalue weighted by molar-refractivity contribution is 9.10. The lowest BCUT2D eigenvalue weighted by Gasteiger charge is -2.22. The Bertz CT molecular complexity index is 413. The second-order valence-corrected chi connectivity index (χ2v) is 5.52. The Morgan fingerprint density at radius 2 is 1.79 bits per heavy atom. The minimum atomic E-state index is 0.00435. The molecule has 3 nitrogen and oxygen atoms in total. The van der Waals surface area contributed by atoms with Gasteiger partial charge in [0.1, 0.15) is 5.75 Å². The van der Waals surface area contributed by atoms with Crippen LogP contribution in [0, 0.1) is 0 Å². The third kappa shape index (κ3) is 4.86. The van der Waals surface area contributed by atoms with E-state index < -0.39 is 0 Å². The second-order valence-electron chi connectivity index (χ2n) is 4.67. The molecule has 1 aromatic carbocycles. The first-order chi connectivity index (χ1) is 9.10. The van der Waals surface area contributed by atoms with Crippen molar-refractivity contribution in [3.05, 3.63) is 28.2 Å². The number of phenolic OH excluding ortho intramolecular Hbond substituents is 1. The predicted octanol–water partition coefficient (Wildman–Crippen LogP) is 4.20. The predicted molar refractivity (Wildman–Crippen MR) is 81.5 cm³/mol. The van der Waals surface area contributed by atoms with Gasteiger partial charge in [-0.2, -0.15) is 0 Å². The summed E-state index contributed by atoms with van der Waals surface area (Å²) in [7, 11) is 0. The number of halogens is 1. The maximum Gasteiger partial charge on any atom is 0.253 e. The van der Waals surface area contributed by atoms with Crippen LogP contribution < -0.4 is 0 Å². The van der Waals surface area contributed by atoms with Crippen molar-refractivity contribution in [1.29, 1.82) is 0 Å². The minimum Gasteiger partial charge on any atom is -0.507 e. The molecule has 0 aromatic heterocycles. The summed E-state index contributed by atoms with van der Waals surface area (Å²) in [5, 5.41) is 9.67. The lowest BCUT2D eigenvalue weighted by atomic mass is 10.1. The zero-order valence-electron chi connectivity index (χ0n) is 11.7. The smallest absolute Gasteiger partial charge is 0.253 e. The number of hydrogen-bond acceptors (Lipinski definition) is 2. The lowest BCUT2D eigenvalue weighted by Crippen LogP contribution is -2.32. The van der Waals surface area contributed by atoms with E-state index in [-0.39, 0.29) is 11.7 Å². The van der Waals surface area contributed by atoms with Gasteiger partial charge in [-0.05, 0) is 47.0 Å². The standard InChI is InChI=1S/C15H22BrNO2/c1-3-5-9-17(10-6-4-2)15(19)12-7-8-13(16)14(18)11-12/h7-8,11,18H,3-6,9-10H2,1-2H3. The molecule has 0 fully saturated rings. The van der Waals surface area contributed by atoms with Crippen molar-refractivity contribution < 1.29 is 9.90 Å². The number of carbonyl (C=O) groups is 1. The Kier molecular flexibility index (Phi) is 6.92. The van der Waals surface area contributed by atoms with Crippen LogP contribution >= 0.6 is 15.9 Å². The lowest BCUT2D eigenvalue weighted by molar-refractivity contribution is 0.0750. The van der Waals surface area contributed by atoms with E-state index in [0.717, 1.165) is 38.8 Å². The maximum atomic E-state index is 12.4. The highest BCUT2D eigenvalue weighted by Gasteiger charge is 2.15. The fraction of sp³-hybridized carbons (Fsp3) is 0.533. The maximum absolute atomic E-state index is 12.4. The first-order valence-electron chi connectivity index (χ1n) is 6.88. The Morgan fingerprint density at radius 1 is 1.21 bits per heavy atom. The zero-order valence-corrected chi connectivity index (χ0v) is 13.2. The van der Waals surface area contributed by atoms with Gasteiger partial charge < -0.3 is 10.0 Å². The van der Waals surface area contributed by atoms with E-state index in [0.29, 0.717) is 10.0 Å². The van der Waals surface area contributed by atoms with Crippen molar-refractivity contribution in [2.24, 2.45) is 0 Å². The van der Waals surface area contributed by atoms with Gasteiger partial charge in [-0.25, -0.2) is 0 Å². The van der Waals surface area contributed by atoms with Crippen molar-refractivity contribution >= 4 is 21.8 Å². The molecule has 0 spiro atoms. The van der Waals surface area contributed by atoms with Crippen LogP contribution in [0.25, 0.3) is 0 Å². The number of carbonyl (C=O) groups excluding carboxylic acids is 1. The van der Waals surface area contributed by atoms with Crippen LogP contribution in [0.1, 0.15) is 49.9 Å². The summed E-state index contributed by atoms with van der Waals surface area (Å²) in [5.74, 6) is 0.112. The first kappa shape index (κ1) is 16.0. The SMILES string of the molecule is CCCCN(CCCC)C(=O)c1ccc(Br)c(O)c1. The summed E-state index contributed by atoms with van der Waals surface area (Å²) in [6.45, 7) is 5.81. The molecule has 4 heteroatoms. The molecule has 0 heterocycles. The van der Waals surface area contributed by atoms with Crippen LogP contribution in [-0.4, -0.2) is 29.0 Å². The second kappa shape index (κ2) is 8.20. The number of aromatic hydroxyl groups is 1. The van der Waals surface area contributed by atoms with Gasteiger partial charge in [0, 0.05) is 18.7 Å². The molecule has 19 heavy (non-hydrogen) atoms. The molecule has 0 saturated carbocycles. The summed E-state index contributed by atoms with van der Waals surface area (Å²) in [5.41, 5.74) is 0.549. The van der Waals surface area contributed by atoms with Crippen molar-refractivity contribution in [1.82, 2.24) is 4.90 Å². The highest BCUT2D eigenvalue weighted by Crippen LogP contribution is 2.25. The molecule has 0 saturated heterocycles. The Labute approximate surface area is 123 Å². The fourth-order valence-corrected chi connectivity index (χ4v) is 2.09. The quantitative estimate of drug-likeness (QED) is 0.815. The van der Waals surface area contributed by atoms with Crippen molar-refractivity contribution in [2.45, 2.75) is 39.5 Å². The minimum absolute atomic E-state index is 0.00435. The topological polar surface area (TPSA) is 40.5 Å². The van der Waals surface area contributed by atoms with Crippen LogP contribution in [0.2, 0.25) is 0 Å². The van der Waals surface area contributed by atoms with Crippen molar-refractivity contribution in [2.75, 3.05) is 13.1 Å². The van der Waals surface area contributed by atoms with E-state index >= 15 is 0 Å². The van der Waals surface area contributed by atoms with Crippen molar-refractivity contribution in [3.8, 4) is 5.75 Å². The third-order valence-corrected chi connectivity index (χ3v) is 3.71. The van der Waals surface area contributed by atoms with Crippen molar-refractivity contribution in [3.63, 3.8) is 0 Å². The Hall–Kier alpha value is -1.03. The van der Waals surface area contributed by atoms with E-state index in [1.807, 2.05) is 4.90 Å². The summed E-state index contributed by atoms with van der Waals surface area (Å²) in [6, 6.07) is 4.98. The molecule has 0 aliphatic carbocycles. The molecule has 1 N–H and O–H groups in total. The number of nitrogens with zero attached hydrogens (tertiary/aromatic N) is 1. The van der Waals surface area contributed by atoms with Gasteiger partial charge >= 0.3 is 0 Å². The van der Waals surface area contributed by atoms with E-state index in [4.69, 9.17) is 0 Å². The molecule has 0 unspecified atom stereocenters. The van der Waals surface area contributed by atoms with Crippen LogP contribution in [0.15, 0.2) is 22.7 Å².